The van der Waals surface area contributed by atoms with Gasteiger partial charge >= 0.3 is 0 Å². The Morgan fingerprint density at radius 3 is 3.20 bits per heavy atom. The number of rotatable bonds is 3. The zero-order chi connectivity index (χ0) is 13.9. The smallest absolute Gasteiger partial charge is 0.240 e. The van der Waals surface area contributed by atoms with Crippen molar-refractivity contribution in [3.05, 3.63) is 24.3 Å². The van der Waals surface area contributed by atoms with E-state index in [1.54, 1.807) is 0 Å². The number of thiazole rings is 1. The van der Waals surface area contributed by atoms with E-state index in [4.69, 9.17) is 0 Å². The van der Waals surface area contributed by atoms with Crippen molar-refractivity contribution in [3.63, 3.8) is 0 Å². The number of hydrogen-bond acceptors (Lipinski definition) is 5. The van der Waals surface area contributed by atoms with Crippen LogP contribution in [0.1, 0.15) is 6.92 Å². The quantitative estimate of drug-likeness (QED) is 0.900. The average molecular weight is 290 g/mol. The first-order valence-corrected chi connectivity index (χ1v) is 7.64. The van der Waals surface area contributed by atoms with Gasteiger partial charge in [0, 0.05) is 25.7 Å². The average Bonchev–Trinajstić information content (AvgIpc) is 2.83. The molecule has 1 aromatic carbocycles. The summed E-state index contributed by atoms with van der Waals surface area (Å²) in [5.41, 5.74) is 0.934. The zero-order valence-electron chi connectivity index (χ0n) is 11.4. The Morgan fingerprint density at radius 1 is 1.55 bits per heavy atom. The van der Waals surface area contributed by atoms with Crippen LogP contribution in [0, 0.1) is 0 Å². The lowest BCUT2D eigenvalue weighted by atomic mass is 10.2. The van der Waals surface area contributed by atoms with Gasteiger partial charge in [0.1, 0.15) is 0 Å². The number of amides is 1. The number of fused-ring (bicyclic) bond motifs is 1. The van der Waals surface area contributed by atoms with Gasteiger partial charge in [0.15, 0.2) is 5.13 Å². The third kappa shape index (κ3) is 2.98. The van der Waals surface area contributed by atoms with Crippen LogP contribution in [0.15, 0.2) is 24.3 Å². The van der Waals surface area contributed by atoms with Gasteiger partial charge < -0.3 is 10.6 Å². The molecule has 2 aromatic rings. The van der Waals surface area contributed by atoms with E-state index in [2.05, 4.69) is 27.4 Å². The number of para-hydroxylation sites is 1. The molecule has 0 aliphatic carbocycles. The van der Waals surface area contributed by atoms with E-state index in [9.17, 15) is 4.79 Å². The molecule has 6 heteroatoms. The van der Waals surface area contributed by atoms with Gasteiger partial charge in [0.2, 0.25) is 5.91 Å². The van der Waals surface area contributed by atoms with Gasteiger partial charge in [-0.3, -0.25) is 9.69 Å². The van der Waals surface area contributed by atoms with Gasteiger partial charge in [-0.2, -0.15) is 0 Å². The molecule has 0 spiro atoms. The molecule has 1 atom stereocenters. The molecule has 1 aliphatic heterocycles. The Labute approximate surface area is 122 Å². The SMILES string of the molecule is C[C@H]1CNCCN1CC(=O)Nc1nc2ccccc2s1. The van der Waals surface area contributed by atoms with E-state index in [1.165, 1.54) is 11.3 Å². The summed E-state index contributed by atoms with van der Waals surface area (Å²) in [4.78, 5) is 18.7. The summed E-state index contributed by atoms with van der Waals surface area (Å²) in [7, 11) is 0. The third-order valence-electron chi connectivity index (χ3n) is 3.53. The van der Waals surface area contributed by atoms with E-state index >= 15 is 0 Å². The van der Waals surface area contributed by atoms with Crippen LogP contribution in [0.5, 0.6) is 0 Å². The molecule has 2 N–H and O–H groups in total. The second-order valence-corrected chi connectivity index (χ2v) is 6.09. The lowest BCUT2D eigenvalue weighted by Crippen LogP contribution is -2.51. The summed E-state index contributed by atoms with van der Waals surface area (Å²) in [6.45, 7) is 5.36. The van der Waals surface area contributed by atoms with E-state index in [-0.39, 0.29) is 5.91 Å². The van der Waals surface area contributed by atoms with Crippen molar-refractivity contribution in [2.24, 2.45) is 0 Å². The zero-order valence-corrected chi connectivity index (χ0v) is 12.2. The van der Waals surface area contributed by atoms with Gasteiger partial charge in [-0.1, -0.05) is 23.5 Å². The van der Waals surface area contributed by atoms with Gasteiger partial charge in [0.05, 0.1) is 16.8 Å². The summed E-state index contributed by atoms with van der Waals surface area (Å²) >= 11 is 1.51. The number of piperazine rings is 1. The molecule has 5 nitrogen and oxygen atoms in total. The molecule has 1 fully saturated rings. The number of carbonyl (C=O) groups is 1. The van der Waals surface area contributed by atoms with Crippen molar-refractivity contribution in [3.8, 4) is 0 Å². The van der Waals surface area contributed by atoms with Crippen molar-refractivity contribution in [1.82, 2.24) is 15.2 Å². The first-order valence-electron chi connectivity index (χ1n) is 6.82. The van der Waals surface area contributed by atoms with Crippen molar-refractivity contribution in [2.45, 2.75) is 13.0 Å². The molecular weight excluding hydrogens is 272 g/mol. The maximum Gasteiger partial charge on any atom is 0.240 e. The summed E-state index contributed by atoms with van der Waals surface area (Å²) in [5, 5.41) is 6.91. The highest BCUT2D eigenvalue weighted by atomic mass is 32.1. The Morgan fingerprint density at radius 2 is 2.40 bits per heavy atom. The molecule has 0 saturated carbocycles. The van der Waals surface area contributed by atoms with Crippen LogP contribution in [0.4, 0.5) is 5.13 Å². The van der Waals surface area contributed by atoms with Gasteiger partial charge in [0.25, 0.3) is 0 Å². The molecule has 2 heterocycles. The molecule has 1 aromatic heterocycles. The number of benzene rings is 1. The number of aromatic nitrogens is 1. The van der Waals surface area contributed by atoms with Crippen molar-refractivity contribution >= 4 is 32.6 Å². The van der Waals surface area contributed by atoms with Gasteiger partial charge in [-0.25, -0.2) is 4.98 Å². The second kappa shape index (κ2) is 5.87. The highest BCUT2D eigenvalue weighted by molar-refractivity contribution is 7.22. The van der Waals surface area contributed by atoms with Crippen LogP contribution in [0.25, 0.3) is 10.2 Å². The molecule has 0 radical (unpaired) electrons. The highest BCUT2D eigenvalue weighted by Gasteiger charge is 2.20. The minimum Gasteiger partial charge on any atom is -0.314 e. The number of nitrogens with zero attached hydrogens (tertiary/aromatic N) is 2. The molecule has 3 rings (SSSR count). The Kier molecular flexibility index (Phi) is 3.95. The summed E-state index contributed by atoms with van der Waals surface area (Å²) in [6.07, 6.45) is 0. The molecule has 106 valence electrons. The maximum atomic E-state index is 12.1. The van der Waals surface area contributed by atoms with E-state index in [0.717, 1.165) is 29.9 Å². The lowest BCUT2D eigenvalue weighted by Gasteiger charge is -2.33. The fourth-order valence-electron chi connectivity index (χ4n) is 2.39. The summed E-state index contributed by atoms with van der Waals surface area (Å²) in [5.74, 6) is 0.0119. The van der Waals surface area contributed by atoms with Crippen molar-refractivity contribution < 1.29 is 4.79 Å². The van der Waals surface area contributed by atoms with E-state index in [0.29, 0.717) is 17.7 Å². The fourth-order valence-corrected chi connectivity index (χ4v) is 3.27. The Bertz CT molecular complexity index is 579. The fraction of sp³-hybridized carbons (Fsp3) is 0.429. The molecule has 20 heavy (non-hydrogen) atoms. The minimum atomic E-state index is 0.0119. The van der Waals surface area contributed by atoms with E-state index in [1.807, 2.05) is 24.3 Å². The molecular formula is C14H18N4OS. The van der Waals surface area contributed by atoms with Gasteiger partial charge in [-0.05, 0) is 19.1 Å². The molecule has 0 unspecified atom stereocenters. The first kappa shape index (κ1) is 13.5. The highest BCUT2D eigenvalue weighted by Crippen LogP contribution is 2.25. The summed E-state index contributed by atoms with van der Waals surface area (Å²) < 4.78 is 1.10. The minimum absolute atomic E-state index is 0.0119. The largest absolute Gasteiger partial charge is 0.314 e. The van der Waals surface area contributed by atoms with Crippen molar-refractivity contribution in [2.75, 3.05) is 31.5 Å². The lowest BCUT2D eigenvalue weighted by molar-refractivity contribution is -0.118. The monoisotopic (exact) mass is 290 g/mol. The van der Waals surface area contributed by atoms with Crippen LogP contribution in [-0.4, -0.2) is 48.0 Å². The first-order chi connectivity index (χ1) is 9.72. The molecule has 1 amide bonds. The molecule has 0 bridgehead atoms. The topological polar surface area (TPSA) is 57.3 Å². The standard InChI is InChI=1S/C14H18N4OS/c1-10-8-15-6-7-18(10)9-13(19)17-14-16-11-4-2-3-5-12(11)20-14/h2-5,10,15H,6-9H2,1H3,(H,16,17,19)/t10-/m0/s1. The predicted molar refractivity (Wildman–Crippen MR) is 82.2 cm³/mol. The molecule has 1 aliphatic rings. The van der Waals surface area contributed by atoms with Crippen LogP contribution in [0.3, 0.4) is 0 Å². The number of carbonyl (C=O) groups excluding carboxylic acids is 1. The van der Waals surface area contributed by atoms with Crippen LogP contribution >= 0.6 is 11.3 Å². The summed E-state index contributed by atoms with van der Waals surface area (Å²) in [6, 6.07) is 8.30. The van der Waals surface area contributed by atoms with Crippen LogP contribution in [0.2, 0.25) is 0 Å². The van der Waals surface area contributed by atoms with Crippen molar-refractivity contribution in [1.29, 1.82) is 0 Å². The predicted octanol–water partition coefficient (Wildman–Crippen LogP) is 1.53. The van der Waals surface area contributed by atoms with Crippen LogP contribution in [-0.2, 0) is 4.79 Å². The van der Waals surface area contributed by atoms with Gasteiger partial charge in [-0.15, -0.1) is 0 Å². The van der Waals surface area contributed by atoms with E-state index < -0.39 is 0 Å². The Balaban J connectivity index is 1.63. The molecule has 1 saturated heterocycles. The number of anilines is 1. The number of nitrogens with one attached hydrogen (secondary N) is 2. The Hall–Kier alpha value is -1.50. The normalized spacial score (nSPS) is 20.1. The maximum absolute atomic E-state index is 12.1. The number of hydrogen-bond donors (Lipinski definition) is 2. The second-order valence-electron chi connectivity index (χ2n) is 5.06. The van der Waals surface area contributed by atoms with Crippen LogP contribution < -0.4 is 10.6 Å². The third-order valence-corrected chi connectivity index (χ3v) is 4.48.